The molecular weight excluding hydrogens is 298 g/mol. The summed E-state index contributed by atoms with van der Waals surface area (Å²) in [6, 6.07) is 9.62. The highest BCUT2D eigenvalue weighted by atomic mass is 32.2. The lowest BCUT2D eigenvalue weighted by molar-refractivity contribution is 0.0467. The van der Waals surface area contributed by atoms with Crippen LogP contribution < -0.4 is 5.32 Å². The van der Waals surface area contributed by atoms with E-state index in [0.29, 0.717) is 5.75 Å². The average Bonchev–Trinajstić information content (AvgIpc) is 2.44. The van der Waals surface area contributed by atoms with Crippen molar-refractivity contribution in [2.75, 3.05) is 5.75 Å². The van der Waals surface area contributed by atoms with E-state index < -0.39 is 23.8 Å². The van der Waals surface area contributed by atoms with Crippen molar-refractivity contribution in [2.24, 2.45) is 0 Å². The first-order valence-corrected chi connectivity index (χ1v) is 8.39. The van der Waals surface area contributed by atoms with Gasteiger partial charge >= 0.3 is 6.09 Å². The number of carbonyl (C=O) groups excluding carboxylic acids is 1. The van der Waals surface area contributed by atoms with Crippen LogP contribution in [0.15, 0.2) is 43.0 Å². The average molecular weight is 323 g/mol. The molecule has 5 heteroatoms. The number of carbonyl (C=O) groups is 1. The van der Waals surface area contributed by atoms with Gasteiger partial charge in [-0.05, 0) is 26.3 Å². The topological polar surface area (TPSA) is 58.6 Å². The predicted octanol–water partition coefficient (Wildman–Crippen LogP) is 3.36. The van der Waals surface area contributed by atoms with Crippen LogP contribution in [-0.4, -0.2) is 34.7 Å². The molecule has 0 aliphatic carbocycles. The number of amides is 1. The highest BCUT2D eigenvalue weighted by Gasteiger charge is 2.23. The van der Waals surface area contributed by atoms with Gasteiger partial charge in [-0.2, -0.15) is 11.8 Å². The fourth-order valence-corrected chi connectivity index (χ4v) is 2.81. The molecule has 22 heavy (non-hydrogen) atoms. The Labute approximate surface area is 136 Å². The van der Waals surface area contributed by atoms with Crippen LogP contribution in [0.25, 0.3) is 0 Å². The fourth-order valence-electron chi connectivity index (χ4n) is 1.73. The van der Waals surface area contributed by atoms with Gasteiger partial charge in [0.1, 0.15) is 5.60 Å². The minimum Gasteiger partial charge on any atom is -0.444 e. The van der Waals surface area contributed by atoms with Gasteiger partial charge in [-0.3, -0.25) is 0 Å². The van der Waals surface area contributed by atoms with Crippen molar-refractivity contribution in [1.29, 1.82) is 0 Å². The Morgan fingerprint density at radius 1 is 1.41 bits per heavy atom. The molecule has 0 unspecified atom stereocenters. The molecular formula is C17H25NO3S. The molecule has 1 rings (SSSR count). The molecule has 0 saturated carbocycles. The number of ether oxygens (including phenoxy) is 1. The SMILES string of the molecule is C=C[C@@H](O)[C@@H](CSCc1ccccc1)NC(=O)OC(C)(C)C. The van der Waals surface area contributed by atoms with Crippen LogP contribution in [0.5, 0.6) is 0 Å². The normalized spacial score (nSPS) is 14.0. The third-order valence-corrected chi connectivity index (χ3v) is 3.90. The largest absolute Gasteiger partial charge is 0.444 e. The number of rotatable bonds is 7. The zero-order chi connectivity index (χ0) is 16.6. The van der Waals surface area contributed by atoms with E-state index in [-0.39, 0.29) is 0 Å². The van der Waals surface area contributed by atoms with Crippen LogP contribution in [0.1, 0.15) is 26.3 Å². The van der Waals surface area contributed by atoms with Crippen LogP contribution in [0, 0.1) is 0 Å². The second-order valence-electron chi connectivity index (χ2n) is 5.98. The maximum absolute atomic E-state index is 11.8. The van der Waals surface area contributed by atoms with E-state index in [0.717, 1.165) is 5.75 Å². The summed E-state index contributed by atoms with van der Waals surface area (Å²) in [5.41, 5.74) is 0.641. The van der Waals surface area contributed by atoms with Crippen LogP contribution in [0.3, 0.4) is 0 Å². The van der Waals surface area contributed by atoms with Gasteiger partial charge in [-0.1, -0.05) is 36.4 Å². The van der Waals surface area contributed by atoms with Crippen LogP contribution in [0.2, 0.25) is 0 Å². The molecule has 4 nitrogen and oxygen atoms in total. The van der Waals surface area contributed by atoms with Crippen LogP contribution in [0.4, 0.5) is 4.79 Å². The first kappa shape index (κ1) is 18.6. The molecule has 1 aromatic rings. The zero-order valence-electron chi connectivity index (χ0n) is 13.4. The lowest BCUT2D eigenvalue weighted by Gasteiger charge is -2.25. The molecule has 2 N–H and O–H groups in total. The molecule has 1 amide bonds. The van der Waals surface area contributed by atoms with Gasteiger partial charge in [0, 0.05) is 11.5 Å². The molecule has 0 spiro atoms. The Morgan fingerprint density at radius 3 is 2.59 bits per heavy atom. The molecule has 0 fully saturated rings. The molecule has 0 radical (unpaired) electrons. The summed E-state index contributed by atoms with van der Waals surface area (Å²) in [5.74, 6) is 1.39. The molecule has 0 aliphatic rings. The molecule has 0 aliphatic heterocycles. The molecule has 0 saturated heterocycles. The minimum atomic E-state index is -0.809. The van der Waals surface area contributed by atoms with Gasteiger partial charge in [0.2, 0.25) is 0 Å². The standard InChI is InChI=1S/C17H25NO3S/c1-5-15(19)14(18-16(20)21-17(2,3)4)12-22-11-13-9-7-6-8-10-13/h5-10,14-15,19H,1,11-12H2,2-4H3,(H,18,20)/t14-,15-/m1/s1. The Morgan fingerprint density at radius 2 is 2.05 bits per heavy atom. The minimum absolute atomic E-state index is 0.430. The van der Waals surface area contributed by atoms with E-state index in [1.165, 1.54) is 11.6 Å². The Kier molecular flexibility index (Phi) is 7.48. The Balaban J connectivity index is 2.50. The number of hydrogen-bond acceptors (Lipinski definition) is 4. The summed E-state index contributed by atoms with van der Waals surface area (Å²) < 4.78 is 5.22. The number of thioether (sulfide) groups is 1. The number of aliphatic hydroxyl groups is 1. The predicted molar refractivity (Wildman–Crippen MR) is 92.0 cm³/mol. The third-order valence-electron chi connectivity index (χ3n) is 2.76. The van der Waals surface area contributed by atoms with Crippen molar-refractivity contribution in [3.63, 3.8) is 0 Å². The molecule has 0 bridgehead atoms. The van der Waals surface area contributed by atoms with E-state index in [2.05, 4.69) is 11.9 Å². The summed E-state index contributed by atoms with van der Waals surface area (Å²) in [7, 11) is 0. The highest BCUT2D eigenvalue weighted by Crippen LogP contribution is 2.15. The molecule has 0 heterocycles. The van der Waals surface area contributed by atoms with Gasteiger partial charge in [-0.25, -0.2) is 4.79 Å². The molecule has 0 aromatic heterocycles. The third kappa shape index (κ3) is 7.52. The van der Waals surface area contributed by atoms with Gasteiger partial charge < -0.3 is 15.2 Å². The quantitative estimate of drug-likeness (QED) is 0.756. The Bertz CT molecular complexity index is 471. The van der Waals surface area contributed by atoms with Crippen molar-refractivity contribution in [2.45, 2.75) is 44.3 Å². The van der Waals surface area contributed by atoms with Crippen LogP contribution in [-0.2, 0) is 10.5 Å². The van der Waals surface area contributed by atoms with E-state index >= 15 is 0 Å². The number of nitrogens with one attached hydrogen (secondary N) is 1. The summed E-state index contributed by atoms with van der Waals surface area (Å²) in [5, 5.41) is 12.7. The second-order valence-corrected chi connectivity index (χ2v) is 7.01. The van der Waals surface area contributed by atoms with Gasteiger partial charge in [-0.15, -0.1) is 6.58 Å². The maximum atomic E-state index is 11.8. The van der Waals surface area contributed by atoms with Crippen molar-refractivity contribution in [1.82, 2.24) is 5.32 Å². The zero-order valence-corrected chi connectivity index (χ0v) is 14.2. The summed E-state index contributed by atoms with van der Waals surface area (Å²) in [6.45, 7) is 8.98. The number of benzene rings is 1. The van der Waals surface area contributed by atoms with E-state index in [1.807, 2.05) is 30.3 Å². The number of hydrogen-bond donors (Lipinski definition) is 2. The summed E-state index contributed by atoms with van der Waals surface area (Å²) in [4.78, 5) is 11.8. The number of alkyl carbamates (subject to hydrolysis) is 1. The molecule has 2 atom stereocenters. The van der Waals surface area contributed by atoms with Gasteiger partial charge in [0.05, 0.1) is 12.1 Å². The molecule has 1 aromatic carbocycles. The maximum Gasteiger partial charge on any atom is 0.408 e. The second kappa shape index (κ2) is 8.86. The summed E-state index contributed by atoms with van der Waals surface area (Å²) in [6.07, 6.45) is 0.0833. The van der Waals surface area contributed by atoms with Crippen molar-refractivity contribution < 1.29 is 14.6 Å². The fraction of sp³-hybridized carbons (Fsp3) is 0.471. The van der Waals surface area contributed by atoms with E-state index in [4.69, 9.17) is 4.74 Å². The van der Waals surface area contributed by atoms with Crippen LogP contribution >= 0.6 is 11.8 Å². The lowest BCUT2D eigenvalue weighted by atomic mass is 10.2. The molecule has 122 valence electrons. The van der Waals surface area contributed by atoms with Gasteiger partial charge in [0.15, 0.2) is 0 Å². The summed E-state index contributed by atoms with van der Waals surface area (Å²) >= 11 is 1.64. The van der Waals surface area contributed by atoms with Gasteiger partial charge in [0.25, 0.3) is 0 Å². The lowest BCUT2D eigenvalue weighted by Crippen LogP contribution is -2.46. The van der Waals surface area contributed by atoms with E-state index in [9.17, 15) is 9.90 Å². The van der Waals surface area contributed by atoms with Crippen molar-refractivity contribution >= 4 is 17.9 Å². The van der Waals surface area contributed by atoms with Crippen molar-refractivity contribution in [3.05, 3.63) is 48.6 Å². The first-order chi connectivity index (χ1) is 10.3. The monoisotopic (exact) mass is 323 g/mol. The number of aliphatic hydroxyl groups excluding tert-OH is 1. The Hall–Kier alpha value is -1.46. The van der Waals surface area contributed by atoms with Crippen molar-refractivity contribution in [3.8, 4) is 0 Å². The van der Waals surface area contributed by atoms with E-state index in [1.54, 1.807) is 32.5 Å². The smallest absolute Gasteiger partial charge is 0.408 e. The first-order valence-electron chi connectivity index (χ1n) is 7.23. The highest BCUT2D eigenvalue weighted by molar-refractivity contribution is 7.98.